The Morgan fingerprint density at radius 2 is 2.00 bits per heavy atom. The van der Waals surface area contributed by atoms with Crippen molar-refractivity contribution in [1.82, 2.24) is 10.1 Å². The number of carbonyl (C=O) groups is 1. The van der Waals surface area contributed by atoms with Gasteiger partial charge in [-0.25, -0.2) is 0 Å². The van der Waals surface area contributed by atoms with Crippen LogP contribution in [-0.2, 0) is 6.42 Å². The van der Waals surface area contributed by atoms with Gasteiger partial charge in [0.1, 0.15) is 17.3 Å². The third-order valence-electron chi connectivity index (χ3n) is 4.40. The number of nitrogens with zero attached hydrogens (tertiary/aromatic N) is 2. The summed E-state index contributed by atoms with van der Waals surface area (Å²) in [5.41, 5.74) is 2.51. The summed E-state index contributed by atoms with van der Waals surface area (Å²) in [7, 11) is 1.93. The molecular formula is C21H22ClN3O2S. The number of aromatic nitrogens is 1. The number of ketones is 1. The Morgan fingerprint density at radius 3 is 2.64 bits per heavy atom. The molecule has 0 fully saturated rings. The summed E-state index contributed by atoms with van der Waals surface area (Å²) >= 11 is 7.17. The minimum absolute atomic E-state index is 0.0499. The second kappa shape index (κ2) is 9.17. The molecule has 1 aromatic carbocycles. The lowest BCUT2D eigenvalue weighted by Crippen LogP contribution is -2.27. The van der Waals surface area contributed by atoms with E-state index < -0.39 is 0 Å². The van der Waals surface area contributed by atoms with E-state index in [-0.39, 0.29) is 5.78 Å². The van der Waals surface area contributed by atoms with Crippen LogP contribution >= 0.6 is 22.9 Å². The van der Waals surface area contributed by atoms with Crippen LogP contribution < -0.4 is 0 Å². The molecule has 0 radical (unpaired) electrons. The van der Waals surface area contributed by atoms with Gasteiger partial charge in [0.25, 0.3) is 0 Å². The summed E-state index contributed by atoms with van der Waals surface area (Å²) in [6.07, 6.45) is 1.85. The number of rotatable bonds is 8. The Hall–Kier alpha value is -2.44. The topological polar surface area (TPSA) is 70.2 Å². The van der Waals surface area contributed by atoms with Crippen LogP contribution in [-0.4, -0.2) is 35.3 Å². The lowest BCUT2D eigenvalue weighted by molar-refractivity contribution is 0.0984. The molecule has 0 aliphatic carbocycles. The van der Waals surface area contributed by atoms with Crippen molar-refractivity contribution in [3.63, 3.8) is 0 Å². The van der Waals surface area contributed by atoms with E-state index in [1.54, 1.807) is 12.1 Å². The van der Waals surface area contributed by atoms with Gasteiger partial charge in [-0.3, -0.25) is 10.2 Å². The average Bonchev–Trinajstić information content (AvgIpc) is 3.35. The normalized spacial score (nSPS) is 10.8. The molecule has 0 saturated heterocycles. The van der Waals surface area contributed by atoms with E-state index in [0.29, 0.717) is 33.7 Å². The van der Waals surface area contributed by atoms with Gasteiger partial charge in [-0.2, -0.15) is 0 Å². The summed E-state index contributed by atoms with van der Waals surface area (Å²) in [6.45, 7) is 2.95. The second-order valence-corrected chi connectivity index (χ2v) is 8.27. The Labute approximate surface area is 173 Å². The molecule has 2 aromatic heterocycles. The van der Waals surface area contributed by atoms with E-state index >= 15 is 0 Å². The van der Waals surface area contributed by atoms with Gasteiger partial charge in [-0.15, -0.1) is 11.3 Å². The molecule has 3 aromatic rings. The van der Waals surface area contributed by atoms with Crippen molar-refractivity contribution in [2.75, 3.05) is 13.6 Å². The fraction of sp³-hybridized carbons (Fsp3) is 0.286. The fourth-order valence-electron chi connectivity index (χ4n) is 2.86. The molecule has 0 aliphatic heterocycles. The van der Waals surface area contributed by atoms with Gasteiger partial charge < -0.3 is 9.42 Å². The molecule has 0 amide bonds. The predicted molar refractivity (Wildman–Crippen MR) is 114 cm³/mol. The van der Waals surface area contributed by atoms with Crippen LogP contribution in [0.2, 0.25) is 4.34 Å². The summed E-state index contributed by atoms with van der Waals surface area (Å²) in [5.74, 6) is 1.22. The molecule has 0 atom stereocenters. The van der Waals surface area contributed by atoms with Crippen molar-refractivity contribution in [3.05, 3.63) is 63.0 Å². The van der Waals surface area contributed by atoms with E-state index in [1.807, 2.05) is 42.3 Å². The molecule has 0 unspecified atom stereocenters. The molecule has 28 heavy (non-hydrogen) atoms. The van der Waals surface area contributed by atoms with Crippen molar-refractivity contribution >= 4 is 34.6 Å². The first kappa shape index (κ1) is 20.3. The van der Waals surface area contributed by atoms with Gasteiger partial charge >= 0.3 is 0 Å². The number of carbonyl (C=O) groups excluding carboxylic acids is 1. The van der Waals surface area contributed by atoms with Crippen molar-refractivity contribution in [2.24, 2.45) is 0 Å². The summed E-state index contributed by atoms with van der Waals surface area (Å²) < 4.78 is 6.00. The Bertz CT molecular complexity index is 962. The summed E-state index contributed by atoms with van der Waals surface area (Å²) in [4.78, 5) is 14.8. The fourth-order valence-corrected chi connectivity index (χ4v) is 3.87. The molecule has 146 valence electrons. The van der Waals surface area contributed by atoms with Crippen LogP contribution in [0, 0.1) is 5.41 Å². The number of hydrogen-bond donors (Lipinski definition) is 1. The number of aryl methyl sites for hydroxylation is 1. The summed E-state index contributed by atoms with van der Waals surface area (Å²) in [6, 6.07) is 13.0. The Kier molecular flexibility index (Phi) is 6.65. The molecule has 1 N–H and O–H groups in total. The maximum atomic E-state index is 12.2. The van der Waals surface area contributed by atoms with Gasteiger partial charge in [0.15, 0.2) is 5.78 Å². The molecular weight excluding hydrogens is 394 g/mol. The summed E-state index contributed by atoms with van der Waals surface area (Å²) in [5, 5.41) is 12.3. The number of Topliss-reactive ketones (excluding diaryl/α,β-unsaturated/α-hetero) is 1. The SMILES string of the molecule is CCCN(C)C(=N)c1ccc(-c2cc(CCC(=O)c3ccc(Cl)s3)on2)cc1. The minimum atomic E-state index is 0.0499. The van der Waals surface area contributed by atoms with E-state index in [4.69, 9.17) is 21.5 Å². The highest BCUT2D eigenvalue weighted by Crippen LogP contribution is 2.24. The van der Waals surface area contributed by atoms with Gasteiger partial charge in [0.05, 0.1) is 9.21 Å². The highest BCUT2D eigenvalue weighted by molar-refractivity contribution is 7.18. The quantitative estimate of drug-likeness (QED) is 0.298. The molecule has 0 saturated carbocycles. The smallest absolute Gasteiger partial charge is 0.173 e. The largest absolute Gasteiger partial charge is 0.361 e. The molecule has 7 heteroatoms. The zero-order valence-electron chi connectivity index (χ0n) is 15.9. The van der Waals surface area contributed by atoms with E-state index in [2.05, 4.69) is 12.1 Å². The Morgan fingerprint density at radius 1 is 1.25 bits per heavy atom. The molecule has 5 nitrogen and oxygen atoms in total. The average molecular weight is 416 g/mol. The molecule has 0 aliphatic rings. The van der Waals surface area contributed by atoms with Crippen LogP contribution in [0.25, 0.3) is 11.3 Å². The monoisotopic (exact) mass is 415 g/mol. The first-order chi connectivity index (χ1) is 13.5. The van der Waals surface area contributed by atoms with Crippen LogP contribution in [0.15, 0.2) is 47.0 Å². The lowest BCUT2D eigenvalue weighted by atomic mass is 10.1. The van der Waals surface area contributed by atoms with Crippen LogP contribution in [0.5, 0.6) is 0 Å². The molecule has 0 bridgehead atoms. The van der Waals surface area contributed by atoms with Crippen molar-refractivity contribution in [3.8, 4) is 11.3 Å². The van der Waals surface area contributed by atoms with Crippen LogP contribution in [0.1, 0.15) is 40.8 Å². The highest BCUT2D eigenvalue weighted by Gasteiger charge is 2.13. The standard InChI is InChI=1S/C21H22ClN3O2S/c1-3-12-25(2)21(23)15-6-4-14(5-7-15)17-13-16(27-24-17)8-9-18(26)19-10-11-20(22)28-19/h4-7,10-11,13,23H,3,8-9,12H2,1-2H3. The van der Waals surface area contributed by atoms with E-state index in [1.165, 1.54) is 11.3 Å². The first-order valence-corrected chi connectivity index (χ1v) is 10.3. The zero-order valence-corrected chi connectivity index (χ0v) is 17.4. The number of benzene rings is 1. The number of hydrogen-bond acceptors (Lipinski definition) is 5. The van der Waals surface area contributed by atoms with Gasteiger partial charge in [0.2, 0.25) is 0 Å². The van der Waals surface area contributed by atoms with Gasteiger partial charge in [-0.05, 0) is 18.6 Å². The number of halogens is 1. The third-order valence-corrected chi connectivity index (χ3v) is 5.67. The van der Waals surface area contributed by atoms with Crippen molar-refractivity contribution in [2.45, 2.75) is 26.2 Å². The number of amidine groups is 1. The maximum Gasteiger partial charge on any atom is 0.173 e. The van der Waals surface area contributed by atoms with Crippen LogP contribution in [0.4, 0.5) is 0 Å². The van der Waals surface area contributed by atoms with E-state index in [0.717, 1.165) is 29.8 Å². The zero-order chi connectivity index (χ0) is 20.1. The highest BCUT2D eigenvalue weighted by atomic mass is 35.5. The lowest BCUT2D eigenvalue weighted by Gasteiger charge is -2.19. The molecule has 2 heterocycles. The minimum Gasteiger partial charge on any atom is -0.361 e. The van der Waals surface area contributed by atoms with Crippen molar-refractivity contribution in [1.29, 1.82) is 5.41 Å². The molecule has 0 spiro atoms. The number of thiophene rings is 1. The first-order valence-electron chi connectivity index (χ1n) is 9.12. The second-order valence-electron chi connectivity index (χ2n) is 6.55. The molecule has 3 rings (SSSR count). The third kappa shape index (κ3) is 4.88. The number of nitrogens with one attached hydrogen (secondary N) is 1. The maximum absolute atomic E-state index is 12.2. The van der Waals surface area contributed by atoms with Crippen LogP contribution in [0.3, 0.4) is 0 Å². The van der Waals surface area contributed by atoms with Gasteiger partial charge in [0, 0.05) is 43.6 Å². The van der Waals surface area contributed by atoms with Crippen molar-refractivity contribution < 1.29 is 9.32 Å². The van der Waals surface area contributed by atoms with Gasteiger partial charge in [-0.1, -0.05) is 47.9 Å². The van der Waals surface area contributed by atoms with E-state index in [9.17, 15) is 4.79 Å². The Balaban J connectivity index is 1.62. The predicted octanol–water partition coefficient (Wildman–Crippen LogP) is 5.54.